The van der Waals surface area contributed by atoms with E-state index in [1.54, 1.807) is 12.5 Å². The summed E-state index contributed by atoms with van der Waals surface area (Å²) in [6, 6.07) is 4.32. The first-order valence-electron chi connectivity index (χ1n) is 8.73. The van der Waals surface area contributed by atoms with Crippen LogP contribution >= 0.6 is 0 Å². The molecule has 1 aliphatic heterocycles. The third kappa shape index (κ3) is 3.57. The van der Waals surface area contributed by atoms with E-state index >= 15 is 0 Å². The molecule has 132 valence electrons. The van der Waals surface area contributed by atoms with Crippen LogP contribution in [0.4, 0.5) is 0 Å². The first-order chi connectivity index (χ1) is 12.3. The SMILES string of the molecule is O=C(NC[C@@H]1CC[C@@H]2[C@@H]1OCCN2Cc1ccco1)c1cnccn1. The number of amides is 1. The zero-order valence-electron chi connectivity index (χ0n) is 14.0. The lowest BCUT2D eigenvalue weighted by Crippen LogP contribution is -2.50. The van der Waals surface area contributed by atoms with Gasteiger partial charge in [0.05, 0.1) is 31.7 Å². The summed E-state index contributed by atoms with van der Waals surface area (Å²) in [5.74, 6) is 1.13. The Balaban J connectivity index is 1.34. The molecular weight excluding hydrogens is 320 g/mol. The molecule has 3 atom stereocenters. The number of nitrogens with zero attached hydrogens (tertiary/aromatic N) is 3. The van der Waals surface area contributed by atoms with E-state index in [4.69, 9.17) is 9.15 Å². The van der Waals surface area contributed by atoms with Gasteiger partial charge in [0.2, 0.25) is 0 Å². The second-order valence-electron chi connectivity index (χ2n) is 6.59. The number of rotatable bonds is 5. The molecule has 7 heteroatoms. The number of nitrogens with one attached hydrogen (secondary N) is 1. The quantitative estimate of drug-likeness (QED) is 0.886. The summed E-state index contributed by atoms with van der Waals surface area (Å²) in [5, 5.41) is 2.98. The number of fused-ring (bicyclic) bond motifs is 1. The first-order valence-corrected chi connectivity index (χ1v) is 8.73. The van der Waals surface area contributed by atoms with E-state index in [2.05, 4.69) is 20.2 Å². The molecule has 1 saturated carbocycles. The highest BCUT2D eigenvalue weighted by atomic mass is 16.5. The average Bonchev–Trinajstić information content (AvgIpc) is 3.31. The molecule has 0 bridgehead atoms. The average molecular weight is 342 g/mol. The molecule has 2 aromatic heterocycles. The fourth-order valence-electron chi connectivity index (χ4n) is 3.88. The molecule has 2 fully saturated rings. The number of carbonyl (C=O) groups is 1. The van der Waals surface area contributed by atoms with Gasteiger partial charge in [-0.1, -0.05) is 0 Å². The summed E-state index contributed by atoms with van der Waals surface area (Å²) >= 11 is 0. The van der Waals surface area contributed by atoms with Crippen molar-refractivity contribution in [2.45, 2.75) is 31.5 Å². The van der Waals surface area contributed by atoms with Gasteiger partial charge >= 0.3 is 0 Å². The van der Waals surface area contributed by atoms with Crippen LogP contribution in [0.15, 0.2) is 41.4 Å². The molecule has 0 radical (unpaired) electrons. The second kappa shape index (κ2) is 7.33. The van der Waals surface area contributed by atoms with Gasteiger partial charge in [0.15, 0.2) is 0 Å². The maximum absolute atomic E-state index is 12.2. The second-order valence-corrected chi connectivity index (χ2v) is 6.59. The van der Waals surface area contributed by atoms with Gasteiger partial charge in [-0.05, 0) is 25.0 Å². The van der Waals surface area contributed by atoms with Crippen molar-refractivity contribution in [3.05, 3.63) is 48.4 Å². The topological polar surface area (TPSA) is 80.5 Å². The number of hydrogen-bond acceptors (Lipinski definition) is 6. The van der Waals surface area contributed by atoms with Crippen LogP contribution in [0.1, 0.15) is 29.1 Å². The normalized spacial score (nSPS) is 26.3. The standard InChI is InChI=1S/C18H22N4O3/c23-18(15-11-19-5-6-20-15)21-10-13-3-4-16-17(13)25-9-7-22(16)12-14-2-1-8-24-14/h1-2,5-6,8,11,13,16-17H,3-4,7,9-10,12H2,(H,21,23)/t13-,16+,17+/m0/s1. The Labute approximate surface area is 146 Å². The molecule has 0 aromatic carbocycles. The monoisotopic (exact) mass is 342 g/mol. The molecule has 1 saturated heterocycles. The summed E-state index contributed by atoms with van der Waals surface area (Å²) in [7, 11) is 0. The molecule has 3 heterocycles. The molecule has 1 aliphatic carbocycles. The summed E-state index contributed by atoms with van der Waals surface area (Å²) in [6.45, 7) is 3.05. The molecule has 0 unspecified atom stereocenters. The van der Waals surface area contributed by atoms with Crippen LogP contribution in [0.5, 0.6) is 0 Å². The summed E-state index contributed by atoms with van der Waals surface area (Å²) in [5.41, 5.74) is 0.348. The number of aromatic nitrogens is 2. The van der Waals surface area contributed by atoms with E-state index < -0.39 is 0 Å². The van der Waals surface area contributed by atoms with Gasteiger partial charge in [0.1, 0.15) is 11.5 Å². The van der Waals surface area contributed by atoms with Gasteiger partial charge in [-0.25, -0.2) is 4.98 Å². The van der Waals surface area contributed by atoms with E-state index in [0.29, 0.717) is 24.2 Å². The maximum atomic E-state index is 12.2. The Kier molecular flexibility index (Phi) is 4.76. The third-order valence-electron chi connectivity index (χ3n) is 5.09. The minimum Gasteiger partial charge on any atom is -0.468 e. The summed E-state index contributed by atoms with van der Waals surface area (Å²) < 4.78 is 11.5. The van der Waals surface area contributed by atoms with Gasteiger partial charge < -0.3 is 14.5 Å². The minimum absolute atomic E-state index is 0.158. The van der Waals surface area contributed by atoms with Crippen molar-refractivity contribution in [2.75, 3.05) is 19.7 Å². The molecule has 25 heavy (non-hydrogen) atoms. The molecule has 1 amide bonds. The van der Waals surface area contributed by atoms with Gasteiger partial charge in [-0.3, -0.25) is 14.7 Å². The highest BCUT2D eigenvalue weighted by Gasteiger charge is 2.42. The number of carbonyl (C=O) groups excluding carboxylic acids is 1. The predicted octanol–water partition coefficient (Wildman–Crippen LogP) is 1.48. The summed E-state index contributed by atoms with van der Waals surface area (Å²) in [6.07, 6.45) is 8.56. The zero-order valence-corrected chi connectivity index (χ0v) is 14.0. The molecular formula is C18H22N4O3. The van der Waals surface area contributed by atoms with Crippen LogP contribution in [0.25, 0.3) is 0 Å². The Morgan fingerprint density at radius 1 is 1.36 bits per heavy atom. The number of ether oxygens (including phenoxy) is 1. The highest BCUT2D eigenvalue weighted by molar-refractivity contribution is 5.91. The largest absolute Gasteiger partial charge is 0.468 e. The fraction of sp³-hybridized carbons (Fsp3) is 0.500. The third-order valence-corrected chi connectivity index (χ3v) is 5.09. The van der Waals surface area contributed by atoms with Crippen molar-refractivity contribution in [1.82, 2.24) is 20.2 Å². The van der Waals surface area contributed by atoms with Crippen molar-refractivity contribution in [3.8, 4) is 0 Å². The van der Waals surface area contributed by atoms with Crippen LogP contribution < -0.4 is 5.32 Å². The first kappa shape index (κ1) is 16.2. The van der Waals surface area contributed by atoms with Crippen LogP contribution in [-0.2, 0) is 11.3 Å². The Hall–Kier alpha value is -2.25. The van der Waals surface area contributed by atoms with Gasteiger partial charge in [-0.2, -0.15) is 0 Å². The van der Waals surface area contributed by atoms with Crippen molar-refractivity contribution in [3.63, 3.8) is 0 Å². The molecule has 1 N–H and O–H groups in total. The Morgan fingerprint density at radius 2 is 2.32 bits per heavy atom. The summed E-state index contributed by atoms with van der Waals surface area (Å²) in [4.78, 5) is 22.6. The van der Waals surface area contributed by atoms with E-state index in [-0.39, 0.29) is 12.0 Å². The van der Waals surface area contributed by atoms with E-state index in [9.17, 15) is 4.79 Å². The maximum Gasteiger partial charge on any atom is 0.271 e. The number of hydrogen-bond donors (Lipinski definition) is 1. The highest BCUT2D eigenvalue weighted by Crippen LogP contribution is 2.35. The van der Waals surface area contributed by atoms with Crippen LogP contribution in [0, 0.1) is 5.92 Å². The van der Waals surface area contributed by atoms with Crippen LogP contribution in [-0.4, -0.2) is 52.6 Å². The van der Waals surface area contributed by atoms with Crippen LogP contribution in [0.3, 0.4) is 0 Å². The van der Waals surface area contributed by atoms with Crippen molar-refractivity contribution in [2.24, 2.45) is 5.92 Å². The Bertz CT molecular complexity index is 692. The minimum atomic E-state index is -0.181. The molecule has 2 aliphatic rings. The number of furan rings is 1. The van der Waals surface area contributed by atoms with Crippen molar-refractivity contribution in [1.29, 1.82) is 0 Å². The van der Waals surface area contributed by atoms with Gasteiger partial charge in [-0.15, -0.1) is 0 Å². The van der Waals surface area contributed by atoms with Gasteiger partial charge in [0.25, 0.3) is 5.91 Å². The van der Waals surface area contributed by atoms with Gasteiger partial charge in [0, 0.05) is 37.4 Å². The molecule has 2 aromatic rings. The lowest BCUT2D eigenvalue weighted by molar-refractivity contribution is -0.0772. The zero-order chi connectivity index (χ0) is 17.1. The fourth-order valence-corrected chi connectivity index (χ4v) is 3.88. The van der Waals surface area contributed by atoms with Crippen LogP contribution in [0.2, 0.25) is 0 Å². The smallest absolute Gasteiger partial charge is 0.271 e. The Morgan fingerprint density at radius 3 is 3.12 bits per heavy atom. The van der Waals surface area contributed by atoms with E-state index in [1.807, 2.05) is 12.1 Å². The van der Waals surface area contributed by atoms with E-state index in [0.717, 1.165) is 38.3 Å². The van der Waals surface area contributed by atoms with E-state index in [1.165, 1.54) is 12.4 Å². The molecule has 7 nitrogen and oxygen atoms in total. The lowest BCUT2D eigenvalue weighted by atomic mass is 10.0. The molecule has 4 rings (SSSR count). The lowest BCUT2D eigenvalue weighted by Gasteiger charge is -2.38. The predicted molar refractivity (Wildman–Crippen MR) is 89.7 cm³/mol. The number of morpholine rings is 1. The molecule has 0 spiro atoms. The van der Waals surface area contributed by atoms with Crippen molar-refractivity contribution < 1.29 is 13.9 Å². The van der Waals surface area contributed by atoms with Crippen molar-refractivity contribution >= 4 is 5.91 Å².